The van der Waals surface area contributed by atoms with Crippen molar-refractivity contribution in [3.8, 4) is 5.75 Å². The van der Waals surface area contributed by atoms with E-state index < -0.39 is 5.97 Å². The number of benzene rings is 3. The van der Waals surface area contributed by atoms with E-state index in [1.54, 1.807) is 54.6 Å². The number of hydrogen-bond acceptors (Lipinski definition) is 5. The van der Waals surface area contributed by atoms with Crippen molar-refractivity contribution in [2.45, 2.75) is 6.92 Å². The van der Waals surface area contributed by atoms with Crippen LogP contribution >= 0.6 is 0 Å². The fraction of sp³-hybridized carbons (Fsp3) is 0.125. The third-order valence-corrected chi connectivity index (χ3v) is 4.46. The summed E-state index contributed by atoms with van der Waals surface area (Å²) in [6.45, 7) is 1.61. The van der Waals surface area contributed by atoms with E-state index in [1.807, 2.05) is 25.1 Å². The van der Waals surface area contributed by atoms with Gasteiger partial charge in [0, 0.05) is 16.8 Å². The first-order valence-corrected chi connectivity index (χ1v) is 9.29. The minimum atomic E-state index is -0.480. The van der Waals surface area contributed by atoms with E-state index >= 15 is 0 Å². The molecule has 6 nitrogen and oxygen atoms in total. The highest BCUT2D eigenvalue weighted by Crippen LogP contribution is 2.18. The van der Waals surface area contributed by atoms with Gasteiger partial charge in [-0.3, -0.25) is 9.59 Å². The Balaban J connectivity index is 1.59. The molecule has 0 aliphatic heterocycles. The lowest BCUT2D eigenvalue weighted by molar-refractivity contribution is -0.118. The van der Waals surface area contributed by atoms with Crippen LogP contribution in [0.15, 0.2) is 72.8 Å². The quantitative estimate of drug-likeness (QED) is 0.476. The number of anilines is 1. The lowest BCUT2D eigenvalue weighted by atomic mass is 10.0. The molecule has 3 rings (SSSR count). The lowest BCUT2D eigenvalue weighted by Gasteiger charge is -2.11. The summed E-state index contributed by atoms with van der Waals surface area (Å²) in [7, 11) is 1.30. The summed E-state index contributed by atoms with van der Waals surface area (Å²) in [6, 6.07) is 20.5. The number of aryl methyl sites for hydroxylation is 1. The van der Waals surface area contributed by atoms with Crippen molar-refractivity contribution >= 4 is 23.3 Å². The Hall–Kier alpha value is -3.93. The summed E-state index contributed by atoms with van der Waals surface area (Å²) in [5.41, 5.74) is 2.80. The van der Waals surface area contributed by atoms with Crippen LogP contribution < -0.4 is 10.1 Å². The van der Waals surface area contributed by atoms with Crippen LogP contribution in [0.5, 0.6) is 5.75 Å². The molecule has 0 bridgehead atoms. The molecule has 0 fully saturated rings. The van der Waals surface area contributed by atoms with Crippen LogP contribution in [0.3, 0.4) is 0 Å². The zero-order chi connectivity index (χ0) is 21.5. The van der Waals surface area contributed by atoms with Crippen LogP contribution in [0.2, 0.25) is 0 Å². The Morgan fingerprint density at radius 2 is 1.47 bits per heavy atom. The van der Waals surface area contributed by atoms with Gasteiger partial charge in [-0.25, -0.2) is 4.79 Å². The molecule has 0 unspecified atom stereocenters. The summed E-state index contributed by atoms with van der Waals surface area (Å²) in [5, 5.41) is 2.73. The SMILES string of the molecule is COC(=O)c1ccc(C)c(NC(=O)COc2ccc(C(=O)c3ccccc3)cc2)c1. The van der Waals surface area contributed by atoms with Gasteiger partial charge in [-0.2, -0.15) is 0 Å². The molecule has 0 spiro atoms. The normalized spacial score (nSPS) is 10.2. The van der Waals surface area contributed by atoms with E-state index in [2.05, 4.69) is 5.32 Å². The molecule has 30 heavy (non-hydrogen) atoms. The van der Waals surface area contributed by atoms with Crippen LogP contribution in [0, 0.1) is 6.92 Å². The first kappa shape index (κ1) is 20.8. The van der Waals surface area contributed by atoms with Gasteiger partial charge in [0.25, 0.3) is 5.91 Å². The number of methoxy groups -OCH3 is 1. The topological polar surface area (TPSA) is 81.7 Å². The van der Waals surface area contributed by atoms with Crippen molar-refractivity contribution in [1.82, 2.24) is 0 Å². The Morgan fingerprint density at radius 3 is 2.13 bits per heavy atom. The third-order valence-electron chi connectivity index (χ3n) is 4.46. The van der Waals surface area contributed by atoms with Gasteiger partial charge in [-0.1, -0.05) is 36.4 Å². The highest BCUT2D eigenvalue weighted by molar-refractivity contribution is 6.09. The largest absolute Gasteiger partial charge is 0.484 e. The smallest absolute Gasteiger partial charge is 0.337 e. The minimum absolute atomic E-state index is 0.0825. The molecule has 0 atom stereocenters. The van der Waals surface area contributed by atoms with Crippen molar-refractivity contribution in [1.29, 1.82) is 0 Å². The second kappa shape index (κ2) is 9.52. The zero-order valence-corrected chi connectivity index (χ0v) is 16.7. The number of ether oxygens (including phenoxy) is 2. The Morgan fingerprint density at radius 1 is 0.833 bits per heavy atom. The van der Waals surface area contributed by atoms with Gasteiger partial charge in [0.1, 0.15) is 5.75 Å². The molecule has 152 valence electrons. The zero-order valence-electron chi connectivity index (χ0n) is 16.7. The van der Waals surface area contributed by atoms with E-state index in [1.165, 1.54) is 7.11 Å². The lowest BCUT2D eigenvalue weighted by Crippen LogP contribution is -2.21. The fourth-order valence-electron chi connectivity index (χ4n) is 2.80. The van der Waals surface area contributed by atoms with E-state index in [9.17, 15) is 14.4 Å². The molecular formula is C24H21NO5. The summed E-state index contributed by atoms with van der Waals surface area (Å²) < 4.78 is 10.2. The third kappa shape index (κ3) is 5.11. The molecule has 0 saturated heterocycles. The van der Waals surface area contributed by atoms with Crippen molar-refractivity contribution in [3.63, 3.8) is 0 Å². The van der Waals surface area contributed by atoms with Gasteiger partial charge in [-0.15, -0.1) is 0 Å². The Bertz CT molecular complexity index is 1060. The van der Waals surface area contributed by atoms with Gasteiger partial charge in [0.2, 0.25) is 0 Å². The second-order valence-electron chi connectivity index (χ2n) is 6.58. The van der Waals surface area contributed by atoms with E-state index in [4.69, 9.17) is 9.47 Å². The van der Waals surface area contributed by atoms with Gasteiger partial charge >= 0.3 is 5.97 Å². The number of nitrogens with one attached hydrogen (secondary N) is 1. The van der Waals surface area contributed by atoms with Gasteiger partial charge < -0.3 is 14.8 Å². The van der Waals surface area contributed by atoms with Crippen molar-refractivity contribution in [2.24, 2.45) is 0 Å². The van der Waals surface area contributed by atoms with Crippen LogP contribution in [0.25, 0.3) is 0 Å². The molecule has 1 N–H and O–H groups in total. The van der Waals surface area contributed by atoms with Crippen LogP contribution in [0.1, 0.15) is 31.8 Å². The maximum Gasteiger partial charge on any atom is 0.337 e. The Labute approximate surface area is 174 Å². The molecule has 0 radical (unpaired) electrons. The summed E-state index contributed by atoms with van der Waals surface area (Å²) in [4.78, 5) is 36.3. The number of amides is 1. The molecule has 3 aromatic carbocycles. The van der Waals surface area contributed by atoms with Crippen LogP contribution in [-0.2, 0) is 9.53 Å². The Kier molecular flexibility index (Phi) is 6.60. The average Bonchev–Trinajstić information content (AvgIpc) is 2.79. The number of ketones is 1. The van der Waals surface area contributed by atoms with E-state index in [0.29, 0.717) is 28.1 Å². The predicted molar refractivity (Wildman–Crippen MR) is 113 cm³/mol. The van der Waals surface area contributed by atoms with E-state index in [0.717, 1.165) is 5.56 Å². The van der Waals surface area contributed by atoms with Crippen LogP contribution in [0.4, 0.5) is 5.69 Å². The predicted octanol–water partition coefficient (Wildman–Crippen LogP) is 4.03. The number of carbonyl (C=O) groups is 3. The molecule has 0 aliphatic rings. The maximum atomic E-state index is 12.4. The van der Waals surface area contributed by atoms with Crippen molar-refractivity contribution < 1.29 is 23.9 Å². The maximum absolute atomic E-state index is 12.4. The first-order chi connectivity index (χ1) is 14.5. The standard InChI is InChI=1S/C24H21NO5/c1-16-8-9-19(24(28)29-2)14-21(16)25-22(26)15-30-20-12-10-18(11-13-20)23(27)17-6-4-3-5-7-17/h3-14H,15H2,1-2H3,(H,25,26). The van der Waals surface area contributed by atoms with Gasteiger partial charge in [0.05, 0.1) is 12.7 Å². The van der Waals surface area contributed by atoms with Gasteiger partial charge in [-0.05, 0) is 48.9 Å². The number of carbonyl (C=O) groups excluding carboxylic acids is 3. The van der Waals surface area contributed by atoms with Crippen LogP contribution in [-0.4, -0.2) is 31.4 Å². The average molecular weight is 403 g/mol. The monoisotopic (exact) mass is 403 g/mol. The minimum Gasteiger partial charge on any atom is -0.484 e. The highest BCUT2D eigenvalue weighted by Gasteiger charge is 2.12. The number of esters is 1. The summed E-state index contributed by atoms with van der Waals surface area (Å²) in [5.74, 6) is -0.466. The summed E-state index contributed by atoms with van der Waals surface area (Å²) >= 11 is 0. The number of hydrogen-bond donors (Lipinski definition) is 1. The molecule has 1 amide bonds. The van der Waals surface area contributed by atoms with Crippen molar-refractivity contribution in [2.75, 3.05) is 19.0 Å². The molecular weight excluding hydrogens is 382 g/mol. The fourth-order valence-corrected chi connectivity index (χ4v) is 2.80. The molecule has 6 heteroatoms. The molecule has 0 aliphatic carbocycles. The number of rotatable bonds is 7. The first-order valence-electron chi connectivity index (χ1n) is 9.29. The highest BCUT2D eigenvalue weighted by atomic mass is 16.5. The molecule has 3 aromatic rings. The molecule has 0 heterocycles. The van der Waals surface area contributed by atoms with Crippen molar-refractivity contribution in [3.05, 3.63) is 95.1 Å². The summed E-state index contributed by atoms with van der Waals surface area (Å²) in [6.07, 6.45) is 0. The molecule has 0 saturated carbocycles. The van der Waals surface area contributed by atoms with E-state index in [-0.39, 0.29) is 18.3 Å². The molecule has 0 aromatic heterocycles. The van der Waals surface area contributed by atoms with Gasteiger partial charge in [0.15, 0.2) is 12.4 Å². The second-order valence-corrected chi connectivity index (χ2v) is 6.58.